The number of carbonyl (C=O) groups is 1. The van der Waals surface area contributed by atoms with Crippen molar-refractivity contribution in [1.82, 2.24) is 10.2 Å². The molecule has 0 radical (unpaired) electrons. The number of allylic oxidation sites excluding steroid dienone is 2. The molecule has 0 saturated carbocycles. The SMILES string of the molecule is CC(C)(C)C1=CNC2C=CC=CN2C1=O. The van der Waals surface area contributed by atoms with E-state index in [1.54, 1.807) is 4.90 Å². The Bertz CT molecular complexity index is 372. The topological polar surface area (TPSA) is 32.3 Å². The summed E-state index contributed by atoms with van der Waals surface area (Å²) in [7, 11) is 0. The number of rotatable bonds is 0. The summed E-state index contributed by atoms with van der Waals surface area (Å²) in [6.45, 7) is 6.13. The third kappa shape index (κ3) is 1.69. The van der Waals surface area contributed by atoms with Crippen molar-refractivity contribution in [2.24, 2.45) is 5.41 Å². The lowest BCUT2D eigenvalue weighted by Gasteiger charge is -2.37. The maximum atomic E-state index is 12.1. The summed E-state index contributed by atoms with van der Waals surface area (Å²) in [5.41, 5.74) is 0.697. The van der Waals surface area contributed by atoms with Gasteiger partial charge in [0.25, 0.3) is 5.91 Å². The minimum Gasteiger partial charge on any atom is -0.367 e. The molecular formula is C12H16N2O. The molecule has 0 aromatic heterocycles. The molecule has 3 nitrogen and oxygen atoms in total. The fourth-order valence-corrected chi connectivity index (χ4v) is 1.73. The van der Waals surface area contributed by atoms with E-state index in [9.17, 15) is 4.79 Å². The zero-order chi connectivity index (χ0) is 11.1. The molecule has 1 amide bonds. The number of nitrogens with zero attached hydrogens (tertiary/aromatic N) is 1. The molecule has 2 rings (SSSR count). The van der Waals surface area contributed by atoms with Crippen LogP contribution in [0.3, 0.4) is 0 Å². The molecule has 2 aliphatic heterocycles. The van der Waals surface area contributed by atoms with Crippen LogP contribution < -0.4 is 5.32 Å². The number of hydrogen-bond acceptors (Lipinski definition) is 2. The van der Waals surface area contributed by atoms with E-state index in [-0.39, 0.29) is 17.5 Å². The van der Waals surface area contributed by atoms with Gasteiger partial charge in [0.2, 0.25) is 0 Å². The van der Waals surface area contributed by atoms with Crippen LogP contribution in [0.2, 0.25) is 0 Å². The Morgan fingerprint density at radius 1 is 1.33 bits per heavy atom. The van der Waals surface area contributed by atoms with Crippen LogP contribution >= 0.6 is 0 Å². The smallest absolute Gasteiger partial charge is 0.257 e. The molecule has 2 heterocycles. The largest absolute Gasteiger partial charge is 0.367 e. The van der Waals surface area contributed by atoms with E-state index >= 15 is 0 Å². The predicted octanol–water partition coefficient (Wildman–Crippen LogP) is 1.76. The molecule has 0 fully saturated rings. The average Bonchev–Trinajstić information content (AvgIpc) is 2.16. The second-order valence-electron chi connectivity index (χ2n) is 4.86. The van der Waals surface area contributed by atoms with Gasteiger partial charge in [-0.2, -0.15) is 0 Å². The molecule has 0 aliphatic carbocycles. The van der Waals surface area contributed by atoms with Crippen LogP contribution in [0.1, 0.15) is 20.8 Å². The Labute approximate surface area is 90.1 Å². The van der Waals surface area contributed by atoms with Crippen molar-refractivity contribution >= 4 is 5.91 Å². The molecule has 3 heteroatoms. The van der Waals surface area contributed by atoms with Crippen molar-refractivity contribution in [1.29, 1.82) is 0 Å². The fraction of sp³-hybridized carbons (Fsp3) is 0.417. The quantitative estimate of drug-likeness (QED) is 0.652. The van der Waals surface area contributed by atoms with Crippen LogP contribution in [0.15, 0.2) is 36.2 Å². The van der Waals surface area contributed by atoms with Crippen molar-refractivity contribution in [3.8, 4) is 0 Å². The van der Waals surface area contributed by atoms with Crippen LogP contribution in [-0.4, -0.2) is 17.0 Å². The highest BCUT2D eigenvalue weighted by Gasteiger charge is 2.33. The van der Waals surface area contributed by atoms with Crippen LogP contribution in [0.5, 0.6) is 0 Å². The first-order chi connectivity index (χ1) is 7.00. The van der Waals surface area contributed by atoms with E-state index in [0.29, 0.717) is 0 Å². The second kappa shape index (κ2) is 3.26. The van der Waals surface area contributed by atoms with Crippen molar-refractivity contribution in [2.75, 3.05) is 0 Å². The highest BCUT2D eigenvalue weighted by atomic mass is 16.2. The molecule has 1 unspecified atom stereocenters. The molecule has 1 atom stereocenters. The maximum Gasteiger partial charge on any atom is 0.257 e. The van der Waals surface area contributed by atoms with Crippen molar-refractivity contribution in [2.45, 2.75) is 26.9 Å². The van der Waals surface area contributed by atoms with E-state index in [0.717, 1.165) is 5.57 Å². The highest BCUT2D eigenvalue weighted by molar-refractivity contribution is 5.96. The summed E-state index contributed by atoms with van der Waals surface area (Å²) in [5, 5.41) is 3.21. The standard InChI is InChI=1S/C12H16N2O/c1-12(2,3)9-8-13-10-6-4-5-7-14(10)11(9)15/h4-8,10,13H,1-3H3. The van der Waals surface area contributed by atoms with Gasteiger partial charge in [-0.05, 0) is 17.6 Å². The van der Waals surface area contributed by atoms with Crippen LogP contribution in [0, 0.1) is 5.41 Å². The average molecular weight is 204 g/mol. The van der Waals surface area contributed by atoms with Gasteiger partial charge >= 0.3 is 0 Å². The lowest BCUT2D eigenvalue weighted by atomic mass is 9.85. The Morgan fingerprint density at radius 3 is 2.73 bits per heavy atom. The minimum atomic E-state index is -0.121. The van der Waals surface area contributed by atoms with Gasteiger partial charge in [-0.3, -0.25) is 9.69 Å². The summed E-state index contributed by atoms with van der Waals surface area (Å²) in [5.74, 6) is 0.0897. The molecule has 1 N–H and O–H groups in total. The van der Waals surface area contributed by atoms with Gasteiger partial charge in [-0.1, -0.05) is 26.8 Å². The summed E-state index contributed by atoms with van der Waals surface area (Å²) in [6, 6.07) is 0. The van der Waals surface area contributed by atoms with Gasteiger partial charge < -0.3 is 5.32 Å². The monoisotopic (exact) mass is 204 g/mol. The number of amides is 1. The molecule has 80 valence electrons. The van der Waals surface area contributed by atoms with Crippen molar-refractivity contribution in [3.05, 3.63) is 36.2 Å². The Morgan fingerprint density at radius 2 is 2.07 bits per heavy atom. The van der Waals surface area contributed by atoms with Crippen molar-refractivity contribution < 1.29 is 4.79 Å². The molecule has 0 aromatic carbocycles. The van der Waals surface area contributed by atoms with E-state index in [1.165, 1.54) is 0 Å². The first-order valence-electron chi connectivity index (χ1n) is 5.14. The zero-order valence-corrected chi connectivity index (χ0v) is 9.32. The van der Waals surface area contributed by atoms with Gasteiger partial charge in [0.1, 0.15) is 6.17 Å². The van der Waals surface area contributed by atoms with E-state index < -0.39 is 0 Å². The molecular weight excluding hydrogens is 188 g/mol. The second-order valence-corrected chi connectivity index (χ2v) is 4.86. The van der Waals surface area contributed by atoms with Gasteiger partial charge in [0.15, 0.2) is 0 Å². The Kier molecular flexibility index (Phi) is 2.18. The molecule has 2 aliphatic rings. The van der Waals surface area contributed by atoms with E-state index in [1.807, 2.05) is 51.4 Å². The van der Waals surface area contributed by atoms with Crippen molar-refractivity contribution in [3.63, 3.8) is 0 Å². The van der Waals surface area contributed by atoms with Gasteiger partial charge in [-0.25, -0.2) is 0 Å². The van der Waals surface area contributed by atoms with Crippen LogP contribution in [0.4, 0.5) is 0 Å². The third-order valence-electron chi connectivity index (χ3n) is 2.62. The highest BCUT2D eigenvalue weighted by Crippen LogP contribution is 2.29. The summed E-state index contributed by atoms with van der Waals surface area (Å²) in [6.07, 6.45) is 9.42. The first kappa shape index (κ1) is 10.0. The summed E-state index contributed by atoms with van der Waals surface area (Å²) < 4.78 is 0. The summed E-state index contributed by atoms with van der Waals surface area (Å²) >= 11 is 0. The molecule has 0 aromatic rings. The third-order valence-corrected chi connectivity index (χ3v) is 2.62. The summed E-state index contributed by atoms with van der Waals surface area (Å²) in [4.78, 5) is 13.9. The lowest BCUT2D eigenvalue weighted by Crippen LogP contribution is -2.49. The van der Waals surface area contributed by atoms with Gasteiger partial charge in [0.05, 0.1) is 0 Å². The van der Waals surface area contributed by atoms with Gasteiger partial charge in [-0.15, -0.1) is 0 Å². The molecule has 0 bridgehead atoms. The zero-order valence-electron chi connectivity index (χ0n) is 9.32. The Balaban J connectivity index is 2.33. The Hall–Kier alpha value is -1.51. The van der Waals surface area contributed by atoms with E-state index in [4.69, 9.17) is 0 Å². The fourth-order valence-electron chi connectivity index (χ4n) is 1.73. The molecule has 0 saturated heterocycles. The number of fused-ring (bicyclic) bond motifs is 1. The predicted molar refractivity (Wildman–Crippen MR) is 59.6 cm³/mol. The number of carbonyl (C=O) groups excluding carboxylic acids is 1. The molecule has 0 spiro atoms. The van der Waals surface area contributed by atoms with Crippen LogP contribution in [0.25, 0.3) is 0 Å². The normalized spacial score (nSPS) is 24.7. The molecule has 15 heavy (non-hydrogen) atoms. The first-order valence-corrected chi connectivity index (χ1v) is 5.14. The number of hydrogen-bond donors (Lipinski definition) is 1. The van der Waals surface area contributed by atoms with Gasteiger partial charge in [0, 0.05) is 18.0 Å². The van der Waals surface area contributed by atoms with Crippen LogP contribution in [-0.2, 0) is 4.79 Å². The minimum absolute atomic E-state index is 0.0198. The lowest BCUT2D eigenvalue weighted by molar-refractivity contribution is -0.128. The maximum absolute atomic E-state index is 12.1. The van der Waals surface area contributed by atoms with E-state index in [2.05, 4.69) is 5.32 Å². The number of nitrogens with one attached hydrogen (secondary N) is 1.